The molecule has 0 bridgehead atoms. The van der Waals surface area contributed by atoms with Crippen LogP contribution >= 0.6 is 0 Å². The number of carbonyl (C=O) groups excluding carboxylic acids is 1. The molecule has 0 amide bonds. The highest BCUT2D eigenvalue weighted by atomic mass is 32.3. The van der Waals surface area contributed by atoms with Crippen molar-refractivity contribution in [2.24, 2.45) is 0 Å². The van der Waals surface area contributed by atoms with Gasteiger partial charge in [-0.25, -0.2) is 0 Å². The molecule has 0 saturated carbocycles. The molecule has 0 N–H and O–H groups in total. The van der Waals surface area contributed by atoms with Crippen molar-refractivity contribution in [2.45, 2.75) is 18.6 Å². The van der Waals surface area contributed by atoms with E-state index in [0.717, 1.165) is 14.0 Å². The van der Waals surface area contributed by atoms with E-state index in [2.05, 4.69) is 4.74 Å². The van der Waals surface area contributed by atoms with Crippen LogP contribution in [0.25, 0.3) is 0 Å². The molecule has 6 heteroatoms. The number of esters is 1. The number of halogens is 1. The number of hydrogen-bond acceptors (Lipinski definition) is 4. The van der Waals surface area contributed by atoms with E-state index in [1.54, 1.807) is 0 Å². The first-order valence-electron chi connectivity index (χ1n) is 2.88. The lowest BCUT2D eigenvalue weighted by Gasteiger charge is -2.03. The van der Waals surface area contributed by atoms with Gasteiger partial charge in [0.25, 0.3) is 0 Å². The molecule has 0 aliphatic rings. The van der Waals surface area contributed by atoms with Crippen molar-refractivity contribution in [3.8, 4) is 0 Å². The van der Waals surface area contributed by atoms with Gasteiger partial charge in [0, 0.05) is 0 Å². The van der Waals surface area contributed by atoms with Crippen LogP contribution in [-0.4, -0.2) is 26.7 Å². The van der Waals surface area contributed by atoms with Crippen molar-refractivity contribution in [1.82, 2.24) is 0 Å². The van der Waals surface area contributed by atoms with Crippen LogP contribution in [0.3, 0.4) is 0 Å². The Morgan fingerprint density at radius 3 is 2.36 bits per heavy atom. The lowest BCUT2D eigenvalue weighted by Crippen LogP contribution is -2.18. The smallest absolute Gasteiger partial charge is 0.306 e. The molecule has 4 nitrogen and oxygen atoms in total. The van der Waals surface area contributed by atoms with Gasteiger partial charge in [-0.1, -0.05) is 0 Å². The van der Waals surface area contributed by atoms with Crippen molar-refractivity contribution < 1.29 is 21.8 Å². The number of rotatable bonds is 3. The van der Waals surface area contributed by atoms with Crippen molar-refractivity contribution in [3.63, 3.8) is 0 Å². The van der Waals surface area contributed by atoms with Gasteiger partial charge in [0.15, 0.2) is 0 Å². The third-order valence-corrected chi connectivity index (χ3v) is 2.29. The molecule has 0 aromatic rings. The second-order valence-corrected chi connectivity index (χ2v) is 3.82. The van der Waals surface area contributed by atoms with Crippen molar-refractivity contribution in [1.29, 1.82) is 0 Å². The predicted molar refractivity (Wildman–Crippen MR) is 36.1 cm³/mol. The van der Waals surface area contributed by atoms with Crippen LogP contribution in [0.5, 0.6) is 0 Å². The second-order valence-electron chi connectivity index (χ2n) is 2.07. The SMILES string of the molecule is COC(=O)CC(C)S(=O)(=O)F. The summed E-state index contributed by atoms with van der Waals surface area (Å²) in [4.78, 5) is 10.4. The average Bonchev–Trinajstić information content (AvgIpc) is 1.85. The lowest BCUT2D eigenvalue weighted by atomic mass is 10.3. The Bertz CT molecular complexity index is 233. The summed E-state index contributed by atoms with van der Waals surface area (Å²) in [6.07, 6.45) is -0.449. The summed E-state index contributed by atoms with van der Waals surface area (Å²) in [5.41, 5.74) is 0. The Labute approximate surface area is 64.6 Å². The maximum absolute atomic E-state index is 12.0. The topological polar surface area (TPSA) is 60.4 Å². The van der Waals surface area contributed by atoms with Crippen molar-refractivity contribution in [2.75, 3.05) is 7.11 Å². The van der Waals surface area contributed by atoms with E-state index < -0.39 is 27.9 Å². The number of carbonyl (C=O) groups is 1. The lowest BCUT2D eigenvalue weighted by molar-refractivity contribution is -0.140. The van der Waals surface area contributed by atoms with Gasteiger partial charge in [0.1, 0.15) is 0 Å². The number of hydrogen-bond donors (Lipinski definition) is 0. The number of methoxy groups -OCH3 is 1. The minimum absolute atomic E-state index is 0.449. The van der Waals surface area contributed by atoms with Crippen LogP contribution in [0.15, 0.2) is 0 Å². The monoisotopic (exact) mass is 184 g/mol. The van der Waals surface area contributed by atoms with Crippen LogP contribution in [0, 0.1) is 0 Å². The standard InChI is InChI=1S/C5H9FO4S/c1-4(11(6,8)9)3-5(7)10-2/h4H,3H2,1-2H3. The zero-order valence-electron chi connectivity index (χ0n) is 6.20. The van der Waals surface area contributed by atoms with Crippen LogP contribution in [0.1, 0.15) is 13.3 Å². The fraction of sp³-hybridized carbons (Fsp3) is 0.800. The van der Waals surface area contributed by atoms with Gasteiger partial charge >= 0.3 is 16.2 Å². The molecule has 0 spiro atoms. The summed E-state index contributed by atoms with van der Waals surface area (Å²) in [5, 5.41) is -1.32. The van der Waals surface area contributed by atoms with Gasteiger partial charge in [0.2, 0.25) is 0 Å². The Balaban J connectivity index is 4.10. The summed E-state index contributed by atoms with van der Waals surface area (Å²) in [7, 11) is -3.50. The minimum Gasteiger partial charge on any atom is -0.469 e. The zero-order chi connectivity index (χ0) is 9.07. The minimum atomic E-state index is -4.61. The number of ether oxygens (including phenoxy) is 1. The van der Waals surface area contributed by atoms with E-state index in [0.29, 0.717) is 0 Å². The predicted octanol–water partition coefficient (Wildman–Crippen LogP) is 0.237. The highest BCUT2D eigenvalue weighted by Crippen LogP contribution is 2.07. The van der Waals surface area contributed by atoms with Gasteiger partial charge < -0.3 is 4.74 Å². The largest absolute Gasteiger partial charge is 0.469 e. The van der Waals surface area contributed by atoms with E-state index in [4.69, 9.17) is 0 Å². The Kier molecular flexibility index (Phi) is 3.44. The maximum atomic E-state index is 12.0. The molecule has 1 unspecified atom stereocenters. The Morgan fingerprint density at radius 1 is 1.64 bits per heavy atom. The molecule has 1 atom stereocenters. The molecule has 0 aliphatic heterocycles. The summed E-state index contributed by atoms with van der Waals surface area (Å²) in [5.74, 6) is -0.737. The van der Waals surface area contributed by atoms with E-state index >= 15 is 0 Å². The highest BCUT2D eigenvalue weighted by Gasteiger charge is 2.22. The van der Waals surface area contributed by atoms with E-state index in [-0.39, 0.29) is 0 Å². The molecule has 0 fully saturated rings. The van der Waals surface area contributed by atoms with Gasteiger partial charge in [-0.15, -0.1) is 3.89 Å². The van der Waals surface area contributed by atoms with E-state index in [1.165, 1.54) is 0 Å². The fourth-order valence-corrected chi connectivity index (χ4v) is 0.753. The summed E-state index contributed by atoms with van der Waals surface area (Å²) in [6, 6.07) is 0. The van der Waals surface area contributed by atoms with Crippen LogP contribution < -0.4 is 0 Å². The summed E-state index contributed by atoms with van der Waals surface area (Å²) >= 11 is 0. The molecule has 0 heterocycles. The van der Waals surface area contributed by atoms with Crippen molar-refractivity contribution >= 4 is 16.2 Å². The first-order valence-corrected chi connectivity index (χ1v) is 4.33. The normalized spacial score (nSPS) is 14.1. The van der Waals surface area contributed by atoms with Gasteiger partial charge in [-0.2, -0.15) is 8.42 Å². The Hall–Kier alpha value is -0.650. The van der Waals surface area contributed by atoms with Crippen LogP contribution in [0.2, 0.25) is 0 Å². The van der Waals surface area contributed by atoms with Gasteiger partial charge in [-0.05, 0) is 6.92 Å². The second kappa shape index (κ2) is 3.66. The van der Waals surface area contributed by atoms with E-state index in [9.17, 15) is 17.1 Å². The fourth-order valence-electron chi connectivity index (χ4n) is 0.418. The van der Waals surface area contributed by atoms with Crippen LogP contribution in [-0.2, 0) is 19.8 Å². The molecule has 0 aromatic carbocycles. The first kappa shape index (κ1) is 10.3. The average molecular weight is 184 g/mol. The third-order valence-electron chi connectivity index (χ3n) is 1.16. The molecular weight excluding hydrogens is 175 g/mol. The van der Waals surface area contributed by atoms with Gasteiger partial charge in [-0.3, -0.25) is 4.79 Å². The molecule has 11 heavy (non-hydrogen) atoms. The van der Waals surface area contributed by atoms with Gasteiger partial charge in [0.05, 0.1) is 18.8 Å². The molecule has 0 rings (SSSR count). The molecule has 0 saturated heterocycles. The van der Waals surface area contributed by atoms with Crippen molar-refractivity contribution in [3.05, 3.63) is 0 Å². The maximum Gasteiger partial charge on any atom is 0.306 e. The zero-order valence-corrected chi connectivity index (χ0v) is 7.02. The summed E-state index contributed by atoms with van der Waals surface area (Å²) < 4.78 is 36.4. The molecular formula is C5H9FO4S. The highest BCUT2D eigenvalue weighted by molar-refractivity contribution is 7.87. The summed E-state index contributed by atoms with van der Waals surface area (Å²) in [6.45, 7) is 1.10. The molecule has 0 aliphatic carbocycles. The first-order chi connectivity index (χ1) is 4.88. The third kappa shape index (κ3) is 3.92. The van der Waals surface area contributed by atoms with E-state index in [1.807, 2.05) is 0 Å². The molecule has 0 aromatic heterocycles. The quantitative estimate of drug-likeness (QED) is 0.465. The Morgan fingerprint density at radius 2 is 2.09 bits per heavy atom. The molecule has 66 valence electrons. The molecule has 0 radical (unpaired) electrons. The van der Waals surface area contributed by atoms with Crippen LogP contribution in [0.4, 0.5) is 3.89 Å².